The van der Waals surface area contributed by atoms with E-state index in [1.165, 1.54) is 25.3 Å². The van der Waals surface area contributed by atoms with Crippen LogP contribution < -0.4 is 14.8 Å². The highest BCUT2D eigenvalue weighted by atomic mass is 35.5. The fourth-order valence-corrected chi connectivity index (χ4v) is 3.72. The molecule has 26 heavy (non-hydrogen) atoms. The lowest BCUT2D eigenvalue weighted by Gasteiger charge is -2.14. The zero-order chi connectivity index (χ0) is 19.3. The summed E-state index contributed by atoms with van der Waals surface area (Å²) in [5.41, 5.74) is 1.08. The standard InChI is InChI=1S/C18H21ClN2O4S/c1-12(2)21-26(23,24)15-8-9-17(25-3)16(11-15)20-18(22)10-13-4-6-14(19)7-5-13/h4-9,11-12,21H,10H2,1-3H3,(H,20,22). The second kappa shape index (κ2) is 8.53. The van der Waals surface area contributed by atoms with Gasteiger partial charge in [-0.2, -0.15) is 0 Å². The summed E-state index contributed by atoms with van der Waals surface area (Å²) in [4.78, 5) is 12.4. The van der Waals surface area contributed by atoms with Crippen molar-refractivity contribution in [1.82, 2.24) is 4.72 Å². The first-order valence-corrected chi connectivity index (χ1v) is 9.82. The van der Waals surface area contributed by atoms with Gasteiger partial charge in [-0.25, -0.2) is 13.1 Å². The minimum absolute atomic E-state index is 0.0498. The van der Waals surface area contributed by atoms with Crippen LogP contribution in [0.1, 0.15) is 19.4 Å². The molecule has 0 bridgehead atoms. The molecular formula is C18H21ClN2O4S. The summed E-state index contributed by atoms with van der Waals surface area (Å²) in [5.74, 6) is 0.0787. The summed E-state index contributed by atoms with van der Waals surface area (Å²) in [6.45, 7) is 3.46. The summed E-state index contributed by atoms with van der Waals surface area (Å²) in [5, 5.41) is 3.29. The van der Waals surface area contributed by atoms with Gasteiger partial charge in [0.05, 0.1) is 24.1 Å². The van der Waals surface area contributed by atoms with E-state index in [-0.39, 0.29) is 29.0 Å². The molecule has 2 N–H and O–H groups in total. The zero-order valence-corrected chi connectivity index (χ0v) is 16.3. The molecule has 2 rings (SSSR count). The third-order valence-electron chi connectivity index (χ3n) is 3.42. The van der Waals surface area contributed by atoms with E-state index in [1.54, 1.807) is 38.1 Å². The van der Waals surface area contributed by atoms with Crippen molar-refractivity contribution in [2.75, 3.05) is 12.4 Å². The van der Waals surface area contributed by atoms with Crippen LogP contribution >= 0.6 is 11.6 Å². The molecule has 140 valence electrons. The van der Waals surface area contributed by atoms with Gasteiger partial charge in [0.1, 0.15) is 5.75 Å². The van der Waals surface area contributed by atoms with E-state index in [4.69, 9.17) is 16.3 Å². The zero-order valence-electron chi connectivity index (χ0n) is 14.7. The molecule has 0 spiro atoms. The lowest BCUT2D eigenvalue weighted by Crippen LogP contribution is -2.30. The van der Waals surface area contributed by atoms with Crippen molar-refractivity contribution >= 4 is 33.2 Å². The Balaban J connectivity index is 2.22. The quantitative estimate of drug-likeness (QED) is 0.752. The van der Waals surface area contributed by atoms with Crippen LogP contribution in [0.4, 0.5) is 5.69 Å². The molecule has 2 aromatic rings. The Hall–Kier alpha value is -2.09. The normalized spacial score (nSPS) is 11.4. The van der Waals surface area contributed by atoms with Gasteiger partial charge in [0.25, 0.3) is 0 Å². The molecule has 0 saturated carbocycles. The monoisotopic (exact) mass is 396 g/mol. The molecule has 0 aliphatic carbocycles. The molecule has 0 atom stereocenters. The maximum atomic E-state index is 12.3. The summed E-state index contributed by atoms with van der Waals surface area (Å²) in [6.07, 6.45) is 0.127. The fourth-order valence-electron chi connectivity index (χ4n) is 2.31. The van der Waals surface area contributed by atoms with Crippen molar-refractivity contribution in [3.05, 3.63) is 53.1 Å². The number of nitrogens with one attached hydrogen (secondary N) is 2. The van der Waals surface area contributed by atoms with Crippen molar-refractivity contribution in [1.29, 1.82) is 0 Å². The first-order valence-electron chi connectivity index (χ1n) is 7.96. The predicted molar refractivity (Wildman–Crippen MR) is 102 cm³/mol. The Morgan fingerprint density at radius 1 is 1.15 bits per heavy atom. The number of carbonyl (C=O) groups is 1. The van der Waals surface area contributed by atoms with Crippen LogP contribution in [0.25, 0.3) is 0 Å². The minimum Gasteiger partial charge on any atom is -0.495 e. The molecule has 0 radical (unpaired) electrons. The SMILES string of the molecule is COc1ccc(S(=O)(=O)NC(C)C)cc1NC(=O)Cc1ccc(Cl)cc1. The number of ether oxygens (including phenoxy) is 1. The van der Waals surface area contributed by atoms with Crippen LogP contribution in [0.15, 0.2) is 47.4 Å². The number of carbonyl (C=O) groups excluding carboxylic acids is 1. The molecule has 8 heteroatoms. The van der Waals surface area contributed by atoms with Crippen LogP contribution in [0.3, 0.4) is 0 Å². The van der Waals surface area contributed by atoms with Crippen LogP contribution in [0.5, 0.6) is 5.75 Å². The Morgan fingerprint density at radius 3 is 2.38 bits per heavy atom. The number of hydrogen-bond donors (Lipinski definition) is 2. The number of anilines is 1. The van der Waals surface area contributed by atoms with E-state index in [9.17, 15) is 13.2 Å². The third kappa shape index (κ3) is 5.45. The van der Waals surface area contributed by atoms with Gasteiger partial charge in [0.15, 0.2) is 0 Å². The summed E-state index contributed by atoms with van der Waals surface area (Å²) in [6, 6.07) is 11.0. The highest BCUT2D eigenvalue weighted by Gasteiger charge is 2.18. The van der Waals surface area contributed by atoms with Gasteiger partial charge < -0.3 is 10.1 Å². The van der Waals surface area contributed by atoms with Gasteiger partial charge in [-0.15, -0.1) is 0 Å². The Bertz CT molecular complexity index is 881. The summed E-state index contributed by atoms with van der Waals surface area (Å²) >= 11 is 5.83. The predicted octanol–water partition coefficient (Wildman–Crippen LogP) is 3.22. The molecule has 0 aromatic heterocycles. The molecule has 6 nitrogen and oxygen atoms in total. The van der Waals surface area contributed by atoms with Gasteiger partial charge in [-0.3, -0.25) is 4.79 Å². The number of halogens is 1. The lowest BCUT2D eigenvalue weighted by molar-refractivity contribution is -0.115. The molecule has 0 aliphatic heterocycles. The van der Waals surface area contributed by atoms with Crippen LogP contribution in [0, 0.1) is 0 Å². The topological polar surface area (TPSA) is 84.5 Å². The largest absolute Gasteiger partial charge is 0.495 e. The smallest absolute Gasteiger partial charge is 0.240 e. The van der Waals surface area contributed by atoms with Crippen molar-refractivity contribution in [2.45, 2.75) is 31.2 Å². The number of amides is 1. The molecule has 0 saturated heterocycles. The third-order valence-corrected chi connectivity index (χ3v) is 5.33. The number of methoxy groups -OCH3 is 1. The molecule has 0 heterocycles. The van der Waals surface area contributed by atoms with Crippen LogP contribution in [-0.4, -0.2) is 27.5 Å². The average Bonchev–Trinajstić information content (AvgIpc) is 2.55. The van der Waals surface area contributed by atoms with Crippen molar-refractivity contribution < 1.29 is 17.9 Å². The van der Waals surface area contributed by atoms with Gasteiger partial charge in [-0.05, 0) is 49.7 Å². The lowest BCUT2D eigenvalue weighted by atomic mass is 10.1. The van der Waals surface area contributed by atoms with E-state index >= 15 is 0 Å². The molecule has 0 fully saturated rings. The average molecular weight is 397 g/mol. The molecule has 0 unspecified atom stereocenters. The van der Waals surface area contributed by atoms with Gasteiger partial charge in [0.2, 0.25) is 15.9 Å². The number of sulfonamides is 1. The molecule has 0 aliphatic rings. The maximum absolute atomic E-state index is 12.3. The molecule has 1 amide bonds. The van der Waals surface area contributed by atoms with E-state index in [2.05, 4.69) is 10.0 Å². The van der Waals surface area contributed by atoms with Crippen molar-refractivity contribution in [3.8, 4) is 5.75 Å². The Kier molecular flexibility index (Phi) is 6.63. The van der Waals surface area contributed by atoms with Crippen LogP contribution in [-0.2, 0) is 21.2 Å². The second-order valence-corrected chi connectivity index (χ2v) is 8.14. The maximum Gasteiger partial charge on any atom is 0.240 e. The number of hydrogen-bond acceptors (Lipinski definition) is 4. The Labute approximate surface area is 158 Å². The minimum atomic E-state index is -3.68. The highest BCUT2D eigenvalue weighted by Crippen LogP contribution is 2.28. The van der Waals surface area contributed by atoms with E-state index in [0.717, 1.165) is 5.56 Å². The molecular weight excluding hydrogens is 376 g/mol. The highest BCUT2D eigenvalue weighted by molar-refractivity contribution is 7.89. The van der Waals surface area contributed by atoms with Crippen molar-refractivity contribution in [3.63, 3.8) is 0 Å². The van der Waals surface area contributed by atoms with Gasteiger partial charge in [0, 0.05) is 11.1 Å². The number of rotatable bonds is 7. The van der Waals surface area contributed by atoms with Crippen molar-refractivity contribution in [2.24, 2.45) is 0 Å². The number of benzene rings is 2. The van der Waals surface area contributed by atoms with E-state index in [1.807, 2.05) is 0 Å². The van der Waals surface area contributed by atoms with Gasteiger partial charge in [-0.1, -0.05) is 23.7 Å². The second-order valence-electron chi connectivity index (χ2n) is 5.99. The molecule has 2 aromatic carbocycles. The van der Waals surface area contributed by atoms with Gasteiger partial charge >= 0.3 is 0 Å². The summed E-state index contributed by atoms with van der Waals surface area (Å²) in [7, 11) is -2.23. The Morgan fingerprint density at radius 2 is 1.81 bits per heavy atom. The van der Waals surface area contributed by atoms with E-state index in [0.29, 0.717) is 10.8 Å². The first kappa shape index (κ1) is 20.2. The fraction of sp³-hybridized carbons (Fsp3) is 0.278. The summed E-state index contributed by atoms with van der Waals surface area (Å²) < 4.78 is 32.4. The van der Waals surface area contributed by atoms with E-state index < -0.39 is 10.0 Å². The van der Waals surface area contributed by atoms with Crippen LogP contribution in [0.2, 0.25) is 5.02 Å². The first-order chi connectivity index (χ1) is 12.2.